The summed E-state index contributed by atoms with van der Waals surface area (Å²) in [6, 6.07) is 0. The van der Waals surface area contributed by atoms with Crippen LogP contribution in [0, 0.1) is 0 Å². The molecule has 0 saturated carbocycles. The Balaban J connectivity index is 1.51. The molecule has 1 aliphatic rings. The fourth-order valence-corrected chi connectivity index (χ4v) is 3.64. The standard InChI is InChI=1S/C14H18N6O3S2/c1-2-9-16-19-14(25-9)15-12(22)13-18-17-10(24-13)3-4-11(21)20-5-7-23-8-6-20/h2-8H2,1H3,(H,15,19,22). The Morgan fingerprint density at radius 3 is 2.60 bits per heavy atom. The number of hydrogen-bond donors (Lipinski definition) is 1. The van der Waals surface area contributed by atoms with E-state index in [1.54, 1.807) is 4.90 Å². The van der Waals surface area contributed by atoms with Crippen LogP contribution >= 0.6 is 22.7 Å². The van der Waals surface area contributed by atoms with Crippen LogP contribution in [0.3, 0.4) is 0 Å². The zero-order valence-corrected chi connectivity index (χ0v) is 15.4. The number of hydrogen-bond acceptors (Lipinski definition) is 9. The Bertz CT molecular complexity index is 741. The quantitative estimate of drug-likeness (QED) is 0.793. The van der Waals surface area contributed by atoms with Crippen molar-refractivity contribution >= 4 is 39.6 Å². The van der Waals surface area contributed by atoms with Gasteiger partial charge in [0, 0.05) is 25.9 Å². The molecule has 1 fully saturated rings. The van der Waals surface area contributed by atoms with Crippen molar-refractivity contribution in [2.45, 2.75) is 26.2 Å². The molecule has 0 unspecified atom stereocenters. The Morgan fingerprint density at radius 1 is 1.12 bits per heavy atom. The van der Waals surface area contributed by atoms with Crippen LogP contribution < -0.4 is 5.32 Å². The third kappa shape index (κ3) is 4.77. The minimum Gasteiger partial charge on any atom is -0.378 e. The summed E-state index contributed by atoms with van der Waals surface area (Å²) in [7, 11) is 0. The maximum Gasteiger partial charge on any atom is 0.288 e. The van der Waals surface area contributed by atoms with Crippen LogP contribution in [-0.2, 0) is 22.4 Å². The van der Waals surface area contributed by atoms with Crippen LogP contribution in [-0.4, -0.2) is 63.4 Å². The number of anilines is 1. The summed E-state index contributed by atoms with van der Waals surface area (Å²) in [6.45, 7) is 4.40. The summed E-state index contributed by atoms with van der Waals surface area (Å²) in [4.78, 5) is 26.1. The van der Waals surface area contributed by atoms with Crippen molar-refractivity contribution in [1.29, 1.82) is 0 Å². The molecule has 3 rings (SSSR count). The number of ether oxygens (including phenoxy) is 1. The molecule has 1 saturated heterocycles. The highest BCUT2D eigenvalue weighted by atomic mass is 32.1. The molecule has 3 heterocycles. The van der Waals surface area contributed by atoms with Gasteiger partial charge in [0.05, 0.1) is 13.2 Å². The number of amides is 2. The lowest BCUT2D eigenvalue weighted by Crippen LogP contribution is -2.40. The van der Waals surface area contributed by atoms with Gasteiger partial charge in [-0.1, -0.05) is 29.6 Å². The van der Waals surface area contributed by atoms with Crippen molar-refractivity contribution < 1.29 is 14.3 Å². The average Bonchev–Trinajstić information content (AvgIpc) is 3.29. The summed E-state index contributed by atoms with van der Waals surface area (Å²) in [6.07, 6.45) is 1.60. The van der Waals surface area contributed by atoms with Gasteiger partial charge >= 0.3 is 0 Å². The van der Waals surface area contributed by atoms with Gasteiger partial charge in [-0.25, -0.2) is 0 Å². The maximum absolute atomic E-state index is 12.2. The molecule has 1 aliphatic heterocycles. The van der Waals surface area contributed by atoms with Gasteiger partial charge in [-0.3, -0.25) is 14.9 Å². The van der Waals surface area contributed by atoms with Crippen LogP contribution in [0.4, 0.5) is 5.13 Å². The number of nitrogens with one attached hydrogen (secondary N) is 1. The van der Waals surface area contributed by atoms with Gasteiger partial charge in [-0.05, 0) is 6.42 Å². The third-order valence-electron chi connectivity index (χ3n) is 3.57. The van der Waals surface area contributed by atoms with Crippen molar-refractivity contribution in [3.8, 4) is 0 Å². The first-order valence-electron chi connectivity index (χ1n) is 7.97. The molecule has 134 valence electrons. The predicted molar refractivity (Wildman–Crippen MR) is 92.9 cm³/mol. The number of nitrogens with zero attached hydrogens (tertiary/aromatic N) is 5. The van der Waals surface area contributed by atoms with Gasteiger partial charge in [-0.15, -0.1) is 20.4 Å². The maximum atomic E-state index is 12.2. The van der Waals surface area contributed by atoms with E-state index in [4.69, 9.17) is 4.74 Å². The van der Waals surface area contributed by atoms with Crippen molar-refractivity contribution in [2.24, 2.45) is 0 Å². The number of morpholine rings is 1. The van der Waals surface area contributed by atoms with Gasteiger partial charge in [0.15, 0.2) is 0 Å². The molecule has 9 nitrogen and oxygen atoms in total. The summed E-state index contributed by atoms with van der Waals surface area (Å²) >= 11 is 2.52. The first-order chi connectivity index (χ1) is 12.2. The minimum atomic E-state index is -0.359. The second-order valence-corrected chi connectivity index (χ2v) is 7.43. The summed E-state index contributed by atoms with van der Waals surface area (Å²) in [5.41, 5.74) is 0. The lowest BCUT2D eigenvalue weighted by molar-refractivity contribution is -0.135. The third-order valence-corrected chi connectivity index (χ3v) is 5.53. The SMILES string of the molecule is CCc1nnc(NC(=O)c2nnc(CCC(=O)N3CCOCC3)s2)s1. The molecular weight excluding hydrogens is 364 g/mol. The van der Waals surface area contributed by atoms with E-state index in [1.165, 1.54) is 22.7 Å². The summed E-state index contributed by atoms with van der Waals surface area (Å²) in [5, 5.41) is 20.6. The van der Waals surface area contributed by atoms with E-state index in [-0.39, 0.29) is 16.8 Å². The van der Waals surface area contributed by atoms with Crippen LogP contribution in [0.5, 0.6) is 0 Å². The van der Waals surface area contributed by atoms with E-state index in [0.717, 1.165) is 11.4 Å². The number of rotatable bonds is 6. The molecule has 0 radical (unpaired) electrons. The lowest BCUT2D eigenvalue weighted by Gasteiger charge is -2.26. The van der Waals surface area contributed by atoms with Crippen molar-refractivity contribution in [1.82, 2.24) is 25.3 Å². The fourth-order valence-electron chi connectivity index (χ4n) is 2.23. The summed E-state index contributed by atoms with van der Waals surface area (Å²) in [5.74, 6) is -0.285. The van der Waals surface area contributed by atoms with Crippen LogP contribution in [0.15, 0.2) is 0 Å². The zero-order chi connectivity index (χ0) is 17.6. The molecule has 2 aromatic heterocycles. The number of aromatic nitrogens is 4. The van der Waals surface area contributed by atoms with E-state index in [0.29, 0.717) is 49.3 Å². The van der Waals surface area contributed by atoms with Crippen molar-refractivity contribution in [3.63, 3.8) is 0 Å². The second kappa shape index (κ2) is 8.41. The molecule has 0 bridgehead atoms. The Kier molecular flexibility index (Phi) is 6.00. The first kappa shape index (κ1) is 17.8. The average molecular weight is 382 g/mol. The predicted octanol–water partition coefficient (Wildman–Crippen LogP) is 0.996. The molecule has 0 aromatic carbocycles. The molecule has 0 atom stereocenters. The highest BCUT2D eigenvalue weighted by molar-refractivity contribution is 7.16. The monoisotopic (exact) mass is 382 g/mol. The molecule has 1 N–H and O–H groups in total. The molecule has 0 spiro atoms. The molecule has 0 aliphatic carbocycles. The molecule has 2 amide bonds. The van der Waals surface area contributed by atoms with Crippen molar-refractivity contribution in [2.75, 3.05) is 31.6 Å². The Morgan fingerprint density at radius 2 is 1.88 bits per heavy atom. The van der Waals surface area contributed by atoms with Gasteiger partial charge < -0.3 is 9.64 Å². The lowest BCUT2D eigenvalue weighted by atomic mass is 10.2. The Hall–Kier alpha value is -1.98. The van der Waals surface area contributed by atoms with E-state index < -0.39 is 0 Å². The van der Waals surface area contributed by atoms with E-state index >= 15 is 0 Å². The van der Waals surface area contributed by atoms with Gasteiger partial charge in [-0.2, -0.15) is 0 Å². The Labute approximate surface area is 152 Å². The van der Waals surface area contributed by atoms with E-state index in [2.05, 4.69) is 25.7 Å². The number of aryl methyl sites for hydroxylation is 2. The van der Waals surface area contributed by atoms with Crippen LogP contribution in [0.25, 0.3) is 0 Å². The van der Waals surface area contributed by atoms with E-state index in [1.807, 2.05) is 6.92 Å². The van der Waals surface area contributed by atoms with Crippen LogP contribution in [0.2, 0.25) is 0 Å². The second-order valence-electron chi connectivity index (χ2n) is 5.30. The largest absolute Gasteiger partial charge is 0.378 e. The highest BCUT2D eigenvalue weighted by Gasteiger charge is 2.19. The van der Waals surface area contributed by atoms with Crippen LogP contribution in [0.1, 0.15) is 33.2 Å². The van der Waals surface area contributed by atoms with Gasteiger partial charge in [0.1, 0.15) is 10.0 Å². The van der Waals surface area contributed by atoms with Gasteiger partial charge in [0.2, 0.25) is 16.0 Å². The van der Waals surface area contributed by atoms with Crippen molar-refractivity contribution in [3.05, 3.63) is 15.0 Å². The highest BCUT2D eigenvalue weighted by Crippen LogP contribution is 2.18. The molecule has 2 aromatic rings. The molecule has 25 heavy (non-hydrogen) atoms. The number of carbonyl (C=O) groups excluding carboxylic acids is 2. The molecule has 11 heteroatoms. The smallest absolute Gasteiger partial charge is 0.288 e. The molecular formula is C14H18N6O3S2. The number of carbonyl (C=O) groups is 2. The normalized spacial score (nSPS) is 14.5. The first-order valence-corrected chi connectivity index (χ1v) is 9.60. The van der Waals surface area contributed by atoms with Gasteiger partial charge in [0.25, 0.3) is 5.91 Å². The minimum absolute atomic E-state index is 0.0745. The van der Waals surface area contributed by atoms with E-state index in [9.17, 15) is 9.59 Å². The summed E-state index contributed by atoms with van der Waals surface area (Å²) < 4.78 is 5.23. The topological polar surface area (TPSA) is 110 Å². The fraction of sp³-hybridized carbons (Fsp3) is 0.571. The zero-order valence-electron chi connectivity index (χ0n) is 13.7.